The topological polar surface area (TPSA) is 86.5 Å². The third-order valence-corrected chi connectivity index (χ3v) is 3.47. The number of aromatic amines is 2. The van der Waals surface area contributed by atoms with Crippen LogP contribution in [-0.4, -0.2) is 26.1 Å². The maximum Gasteiger partial charge on any atom is 0.416 e. The normalized spacial score (nSPS) is 12.1. The van der Waals surface area contributed by atoms with E-state index in [0.717, 1.165) is 12.1 Å². The number of carbonyl (C=O) groups is 1. The number of hydrogen-bond acceptors (Lipinski definition) is 3. The van der Waals surface area contributed by atoms with Crippen molar-refractivity contribution in [3.8, 4) is 11.5 Å². The van der Waals surface area contributed by atoms with Crippen molar-refractivity contribution >= 4 is 22.6 Å². The van der Waals surface area contributed by atoms with Gasteiger partial charge in [0.25, 0.3) is 0 Å². The number of hydrogen-bond donors (Lipinski definition) is 3. The van der Waals surface area contributed by atoms with Crippen LogP contribution in [0.5, 0.6) is 0 Å². The van der Waals surface area contributed by atoms with Gasteiger partial charge in [-0.1, -0.05) is 13.8 Å². The van der Waals surface area contributed by atoms with E-state index in [1.165, 1.54) is 12.3 Å². The molecule has 1 aromatic carbocycles. The Morgan fingerprint density at radius 2 is 2.04 bits per heavy atom. The number of anilines is 1. The molecule has 0 atom stereocenters. The fourth-order valence-electron chi connectivity index (χ4n) is 2.14. The largest absolute Gasteiger partial charge is 0.416 e. The van der Waals surface area contributed by atoms with Crippen LogP contribution in [0.4, 0.5) is 18.9 Å². The number of carbonyl (C=O) groups excluding carboxylic acids is 1. The molecule has 0 bridgehead atoms. The Bertz CT molecular complexity index is 894. The van der Waals surface area contributed by atoms with Gasteiger partial charge < -0.3 is 10.3 Å². The van der Waals surface area contributed by atoms with Crippen molar-refractivity contribution in [3.05, 3.63) is 30.0 Å². The number of rotatable bonds is 3. The van der Waals surface area contributed by atoms with Crippen molar-refractivity contribution in [2.75, 3.05) is 5.32 Å². The number of halogens is 3. The van der Waals surface area contributed by atoms with Gasteiger partial charge in [0.1, 0.15) is 5.69 Å². The molecule has 3 rings (SSSR count). The summed E-state index contributed by atoms with van der Waals surface area (Å²) >= 11 is 0. The van der Waals surface area contributed by atoms with E-state index in [0.29, 0.717) is 22.7 Å². The minimum atomic E-state index is -4.43. The number of imidazole rings is 1. The molecular weight excluding hydrogens is 323 g/mol. The van der Waals surface area contributed by atoms with Crippen molar-refractivity contribution in [2.24, 2.45) is 5.92 Å². The molecule has 24 heavy (non-hydrogen) atoms. The summed E-state index contributed by atoms with van der Waals surface area (Å²) in [6.07, 6.45) is -3.01. The average Bonchev–Trinajstić information content (AvgIpc) is 3.10. The van der Waals surface area contributed by atoms with Crippen LogP contribution < -0.4 is 5.32 Å². The lowest BCUT2D eigenvalue weighted by Crippen LogP contribution is -2.17. The third-order valence-electron chi connectivity index (χ3n) is 3.47. The fourth-order valence-corrected chi connectivity index (χ4v) is 2.14. The van der Waals surface area contributed by atoms with Crippen LogP contribution in [0.2, 0.25) is 0 Å². The van der Waals surface area contributed by atoms with Gasteiger partial charge in [0.15, 0.2) is 5.82 Å². The highest BCUT2D eigenvalue weighted by Gasteiger charge is 2.30. The molecule has 9 heteroatoms. The first-order valence-corrected chi connectivity index (χ1v) is 7.17. The zero-order chi connectivity index (χ0) is 17.5. The second-order valence-electron chi connectivity index (χ2n) is 5.62. The SMILES string of the molecule is CC(C)C(=O)Nc1cn[nH]c1-c1nc2ccc(C(F)(F)F)cc2[nH]1. The van der Waals surface area contributed by atoms with E-state index < -0.39 is 11.7 Å². The van der Waals surface area contributed by atoms with Crippen molar-refractivity contribution in [2.45, 2.75) is 20.0 Å². The van der Waals surface area contributed by atoms with Gasteiger partial charge in [-0.25, -0.2) is 4.98 Å². The number of amides is 1. The molecule has 6 nitrogen and oxygen atoms in total. The predicted molar refractivity (Wildman–Crippen MR) is 82.1 cm³/mol. The van der Waals surface area contributed by atoms with Gasteiger partial charge in [-0.15, -0.1) is 0 Å². The summed E-state index contributed by atoms with van der Waals surface area (Å²) < 4.78 is 38.3. The summed E-state index contributed by atoms with van der Waals surface area (Å²) in [5.41, 5.74) is 0.671. The Balaban J connectivity index is 1.99. The molecular formula is C15H14F3N5O. The fraction of sp³-hybridized carbons (Fsp3) is 0.267. The van der Waals surface area contributed by atoms with E-state index in [1.54, 1.807) is 13.8 Å². The standard InChI is InChI=1S/C15H14F3N5O/c1-7(2)14(24)22-11-6-19-23-12(11)13-20-9-4-3-8(15(16,17)18)5-10(9)21-13/h3-7H,1-2H3,(H,19,23)(H,20,21)(H,22,24). The molecule has 0 radical (unpaired) electrons. The molecule has 0 aliphatic heterocycles. The number of H-pyrrole nitrogens is 2. The molecule has 0 fully saturated rings. The quantitative estimate of drug-likeness (QED) is 0.683. The summed E-state index contributed by atoms with van der Waals surface area (Å²) in [5.74, 6) is -0.133. The van der Waals surface area contributed by atoms with Gasteiger partial charge in [-0.3, -0.25) is 9.89 Å². The zero-order valence-electron chi connectivity index (χ0n) is 12.8. The highest BCUT2D eigenvalue weighted by Crippen LogP contribution is 2.32. The summed E-state index contributed by atoms with van der Waals surface area (Å²) in [6, 6.07) is 3.26. The van der Waals surface area contributed by atoms with Crippen LogP contribution >= 0.6 is 0 Å². The molecule has 0 saturated heterocycles. The molecule has 3 N–H and O–H groups in total. The van der Waals surface area contributed by atoms with Gasteiger partial charge in [-0.2, -0.15) is 18.3 Å². The molecule has 1 amide bonds. The molecule has 0 saturated carbocycles. The molecule has 0 spiro atoms. The van der Waals surface area contributed by atoms with E-state index in [4.69, 9.17) is 0 Å². The predicted octanol–water partition coefficient (Wildman–Crippen LogP) is 3.57. The summed E-state index contributed by atoms with van der Waals surface area (Å²) in [7, 11) is 0. The summed E-state index contributed by atoms with van der Waals surface area (Å²) in [4.78, 5) is 18.9. The molecule has 2 heterocycles. The maximum absolute atomic E-state index is 12.8. The van der Waals surface area contributed by atoms with E-state index in [-0.39, 0.29) is 17.3 Å². The van der Waals surface area contributed by atoms with Gasteiger partial charge in [0.05, 0.1) is 28.5 Å². The van der Waals surface area contributed by atoms with Crippen LogP contribution in [0.3, 0.4) is 0 Å². The van der Waals surface area contributed by atoms with Crippen molar-refractivity contribution in [1.82, 2.24) is 20.2 Å². The second kappa shape index (κ2) is 5.66. The van der Waals surface area contributed by atoms with Gasteiger partial charge in [0.2, 0.25) is 5.91 Å². The zero-order valence-corrected chi connectivity index (χ0v) is 12.8. The Kier molecular flexibility index (Phi) is 3.78. The number of nitrogens with one attached hydrogen (secondary N) is 3. The first-order chi connectivity index (χ1) is 11.3. The summed E-state index contributed by atoms with van der Waals surface area (Å²) in [6.45, 7) is 3.49. The Morgan fingerprint density at radius 3 is 2.71 bits per heavy atom. The number of nitrogens with zero attached hydrogens (tertiary/aromatic N) is 2. The minimum absolute atomic E-state index is 0.201. The molecule has 0 aliphatic carbocycles. The van der Waals surface area contributed by atoms with Crippen LogP contribution in [0, 0.1) is 5.92 Å². The average molecular weight is 337 g/mol. The highest BCUT2D eigenvalue weighted by molar-refractivity contribution is 5.95. The number of alkyl halides is 3. The smallest absolute Gasteiger partial charge is 0.337 e. The number of fused-ring (bicyclic) bond motifs is 1. The van der Waals surface area contributed by atoms with E-state index >= 15 is 0 Å². The van der Waals surface area contributed by atoms with E-state index in [9.17, 15) is 18.0 Å². The van der Waals surface area contributed by atoms with E-state index in [2.05, 4.69) is 25.5 Å². The van der Waals surface area contributed by atoms with Crippen LogP contribution in [-0.2, 0) is 11.0 Å². The lowest BCUT2D eigenvalue weighted by Gasteiger charge is -2.06. The van der Waals surface area contributed by atoms with Gasteiger partial charge in [0, 0.05) is 5.92 Å². The second-order valence-corrected chi connectivity index (χ2v) is 5.62. The Hall–Kier alpha value is -2.84. The number of benzene rings is 1. The molecule has 3 aromatic rings. The van der Waals surface area contributed by atoms with Crippen LogP contribution in [0.25, 0.3) is 22.6 Å². The lowest BCUT2D eigenvalue weighted by atomic mass is 10.2. The van der Waals surface area contributed by atoms with Crippen LogP contribution in [0.1, 0.15) is 19.4 Å². The third kappa shape index (κ3) is 2.97. The first-order valence-electron chi connectivity index (χ1n) is 7.17. The number of aromatic nitrogens is 4. The van der Waals surface area contributed by atoms with Crippen molar-refractivity contribution in [1.29, 1.82) is 0 Å². The first kappa shape index (κ1) is 16.0. The lowest BCUT2D eigenvalue weighted by molar-refractivity contribution is -0.137. The summed E-state index contributed by atoms with van der Waals surface area (Å²) in [5, 5.41) is 9.25. The minimum Gasteiger partial charge on any atom is -0.337 e. The van der Waals surface area contributed by atoms with Crippen molar-refractivity contribution in [3.63, 3.8) is 0 Å². The monoisotopic (exact) mass is 337 g/mol. The molecule has 0 unspecified atom stereocenters. The van der Waals surface area contributed by atoms with E-state index in [1.807, 2.05) is 0 Å². The Morgan fingerprint density at radius 1 is 1.29 bits per heavy atom. The molecule has 0 aliphatic rings. The van der Waals surface area contributed by atoms with Crippen molar-refractivity contribution < 1.29 is 18.0 Å². The highest BCUT2D eigenvalue weighted by atomic mass is 19.4. The van der Waals surface area contributed by atoms with Gasteiger partial charge in [-0.05, 0) is 18.2 Å². The van der Waals surface area contributed by atoms with Crippen LogP contribution in [0.15, 0.2) is 24.4 Å². The molecule has 126 valence electrons. The maximum atomic E-state index is 12.8. The van der Waals surface area contributed by atoms with Gasteiger partial charge >= 0.3 is 6.18 Å². The molecule has 2 aromatic heterocycles. The Labute approximate surface area is 134 Å².